The number of nitrogens with zero attached hydrogens (tertiary/aromatic N) is 2. The smallest absolute Gasteiger partial charge is 0.342 e. The molecule has 2 aromatic heterocycles. The highest BCUT2D eigenvalue weighted by Gasteiger charge is 2.17. The Morgan fingerprint density at radius 3 is 2.56 bits per heavy atom. The average Bonchev–Trinajstić information content (AvgIpc) is 2.53. The Bertz CT molecular complexity index is 1140. The number of aryl methyl sites for hydroxylation is 1. The van der Waals surface area contributed by atoms with E-state index in [4.69, 9.17) is 5.11 Å². The van der Waals surface area contributed by atoms with Gasteiger partial charge < -0.3 is 10.4 Å². The van der Waals surface area contributed by atoms with Crippen molar-refractivity contribution in [2.45, 2.75) is 34.1 Å². The number of anilines is 1. The number of pyridine rings is 1. The largest absolute Gasteiger partial charge is 0.477 e. The fourth-order valence-corrected chi connectivity index (χ4v) is 3.04. The molecular formula is C20H21N3O4. The molecule has 2 N–H and O–H groups in total. The number of rotatable bonds is 3. The monoisotopic (exact) mass is 367 g/mol. The minimum atomic E-state index is -1.32. The molecule has 3 rings (SSSR count). The summed E-state index contributed by atoms with van der Waals surface area (Å²) in [5, 5.41) is 13.6. The van der Waals surface area contributed by atoms with Crippen LogP contribution in [0.15, 0.2) is 35.4 Å². The van der Waals surface area contributed by atoms with Crippen LogP contribution >= 0.6 is 0 Å². The van der Waals surface area contributed by atoms with Crippen LogP contribution in [-0.4, -0.2) is 26.4 Å². The fourth-order valence-electron chi connectivity index (χ4n) is 3.04. The molecule has 0 bridgehead atoms. The van der Waals surface area contributed by atoms with Crippen molar-refractivity contribution in [1.29, 1.82) is 0 Å². The number of carbonyl (C=O) groups excluding carboxylic acids is 1. The van der Waals surface area contributed by atoms with E-state index in [1.807, 2.05) is 33.8 Å². The number of carboxylic acids is 1. The topological polar surface area (TPSA) is 101 Å². The van der Waals surface area contributed by atoms with E-state index in [0.717, 1.165) is 17.1 Å². The second kappa shape index (κ2) is 6.50. The summed E-state index contributed by atoms with van der Waals surface area (Å²) >= 11 is 0. The molecule has 0 aliphatic carbocycles. The summed E-state index contributed by atoms with van der Waals surface area (Å²) in [6.45, 7) is 7.79. The van der Waals surface area contributed by atoms with Crippen molar-refractivity contribution in [1.82, 2.24) is 9.38 Å². The van der Waals surface area contributed by atoms with Gasteiger partial charge in [0.1, 0.15) is 11.2 Å². The third-order valence-corrected chi connectivity index (χ3v) is 4.21. The van der Waals surface area contributed by atoms with E-state index in [0.29, 0.717) is 23.1 Å². The van der Waals surface area contributed by atoms with E-state index >= 15 is 0 Å². The Morgan fingerprint density at radius 1 is 1.22 bits per heavy atom. The van der Waals surface area contributed by atoms with Crippen LogP contribution < -0.4 is 10.9 Å². The molecule has 0 unspecified atom stereocenters. The Morgan fingerprint density at radius 2 is 1.93 bits per heavy atom. The number of aromatic carboxylic acids is 1. The number of carbonyl (C=O) groups is 2. The minimum absolute atomic E-state index is 0.0999. The molecule has 140 valence electrons. The molecule has 27 heavy (non-hydrogen) atoms. The van der Waals surface area contributed by atoms with Crippen LogP contribution in [0.2, 0.25) is 0 Å². The summed E-state index contributed by atoms with van der Waals surface area (Å²) in [5.41, 5.74) is 0.585. The Balaban J connectivity index is 2.16. The zero-order valence-corrected chi connectivity index (χ0v) is 15.7. The number of fused-ring (bicyclic) bond motifs is 3. The first-order valence-corrected chi connectivity index (χ1v) is 8.55. The predicted octanol–water partition coefficient (Wildman–Crippen LogP) is 3.23. The van der Waals surface area contributed by atoms with Gasteiger partial charge in [0, 0.05) is 29.9 Å². The third kappa shape index (κ3) is 3.67. The van der Waals surface area contributed by atoms with Gasteiger partial charge in [-0.15, -0.1) is 0 Å². The van der Waals surface area contributed by atoms with Gasteiger partial charge >= 0.3 is 5.97 Å². The summed E-state index contributed by atoms with van der Waals surface area (Å²) in [7, 11) is 0. The predicted molar refractivity (Wildman–Crippen MR) is 103 cm³/mol. The van der Waals surface area contributed by atoms with Gasteiger partial charge in [-0.2, -0.15) is 0 Å². The van der Waals surface area contributed by atoms with E-state index in [9.17, 15) is 14.4 Å². The molecule has 7 heteroatoms. The Labute approximate surface area is 155 Å². The molecule has 0 aliphatic heterocycles. The van der Waals surface area contributed by atoms with E-state index in [2.05, 4.69) is 10.3 Å². The maximum absolute atomic E-state index is 12.5. The number of benzene rings is 1. The van der Waals surface area contributed by atoms with Crippen LogP contribution in [0.4, 0.5) is 5.69 Å². The molecule has 1 amide bonds. The van der Waals surface area contributed by atoms with Crippen LogP contribution in [0.5, 0.6) is 0 Å². The molecule has 1 aromatic carbocycles. The summed E-state index contributed by atoms with van der Waals surface area (Å²) < 4.78 is 1.24. The third-order valence-electron chi connectivity index (χ3n) is 4.21. The lowest BCUT2D eigenvalue weighted by atomic mass is 9.92. The van der Waals surface area contributed by atoms with Crippen LogP contribution in [0.1, 0.15) is 43.1 Å². The highest BCUT2D eigenvalue weighted by Crippen LogP contribution is 2.26. The SMILES string of the molecule is Cc1cn2c(=O)c(C(=O)O)cnc2c2cc(NC(=O)CC(C)(C)C)ccc12. The maximum Gasteiger partial charge on any atom is 0.342 e. The number of amides is 1. The van der Waals surface area contributed by atoms with E-state index in [1.54, 1.807) is 18.3 Å². The van der Waals surface area contributed by atoms with Gasteiger partial charge in [0.25, 0.3) is 5.56 Å². The molecule has 0 atom stereocenters. The first-order valence-electron chi connectivity index (χ1n) is 8.55. The van der Waals surface area contributed by atoms with Gasteiger partial charge in [-0.25, -0.2) is 9.78 Å². The lowest BCUT2D eigenvalue weighted by molar-refractivity contribution is -0.117. The number of hydrogen-bond acceptors (Lipinski definition) is 4. The molecule has 7 nitrogen and oxygen atoms in total. The molecule has 0 radical (unpaired) electrons. The Hall–Kier alpha value is -3.22. The Kier molecular flexibility index (Phi) is 4.47. The van der Waals surface area contributed by atoms with Crippen molar-refractivity contribution >= 4 is 34.0 Å². The second-order valence-electron chi connectivity index (χ2n) is 7.83. The second-order valence-corrected chi connectivity index (χ2v) is 7.83. The zero-order valence-electron chi connectivity index (χ0n) is 15.7. The average molecular weight is 367 g/mol. The first kappa shape index (κ1) is 18.6. The molecule has 0 spiro atoms. The molecular weight excluding hydrogens is 346 g/mol. The van der Waals surface area contributed by atoms with Crippen LogP contribution in [0.25, 0.3) is 16.4 Å². The molecule has 3 aromatic rings. The number of nitrogens with one attached hydrogen (secondary N) is 1. The minimum Gasteiger partial charge on any atom is -0.477 e. The van der Waals surface area contributed by atoms with Gasteiger partial charge in [-0.3, -0.25) is 14.0 Å². The van der Waals surface area contributed by atoms with Crippen molar-refractivity contribution < 1.29 is 14.7 Å². The first-order chi connectivity index (χ1) is 12.6. The molecule has 0 fully saturated rings. The van der Waals surface area contributed by atoms with Gasteiger partial charge in [0.15, 0.2) is 0 Å². The quantitative estimate of drug-likeness (QED) is 0.692. The van der Waals surface area contributed by atoms with Gasteiger partial charge in [-0.1, -0.05) is 26.8 Å². The van der Waals surface area contributed by atoms with Gasteiger partial charge in [-0.05, 0) is 35.4 Å². The summed E-state index contributed by atoms with van der Waals surface area (Å²) in [5.74, 6) is -1.42. The number of carboxylic acid groups (broad SMARTS) is 1. The van der Waals surface area contributed by atoms with Gasteiger partial charge in [0.05, 0.1) is 0 Å². The van der Waals surface area contributed by atoms with Crippen LogP contribution in [-0.2, 0) is 4.79 Å². The van der Waals surface area contributed by atoms with Crippen molar-refractivity contribution in [2.24, 2.45) is 5.41 Å². The number of hydrogen-bond donors (Lipinski definition) is 2. The highest BCUT2D eigenvalue weighted by atomic mass is 16.4. The summed E-state index contributed by atoms with van der Waals surface area (Å²) in [4.78, 5) is 40.1. The van der Waals surface area contributed by atoms with Crippen molar-refractivity contribution in [3.63, 3.8) is 0 Å². The summed E-state index contributed by atoms with van der Waals surface area (Å²) in [6, 6.07) is 5.41. The van der Waals surface area contributed by atoms with E-state index in [1.165, 1.54) is 4.40 Å². The molecule has 2 heterocycles. The number of aromatic nitrogens is 2. The zero-order chi connectivity index (χ0) is 19.9. The van der Waals surface area contributed by atoms with E-state index < -0.39 is 11.5 Å². The van der Waals surface area contributed by atoms with Crippen molar-refractivity contribution in [3.8, 4) is 0 Å². The molecule has 0 saturated carbocycles. The maximum atomic E-state index is 12.5. The highest BCUT2D eigenvalue weighted by molar-refractivity contribution is 6.01. The molecule has 0 aliphatic rings. The normalized spacial score (nSPS) is 11.7. The lowest BCUT2D eigenvalue weighted by Crippen LogP contribution is -2.23. The standard InChI is InChI=1S/C20H21N3O4/c1-11-10-23-17(21-9-15(18(23)25)19(26)27)14-7-12(5-6-13(11)14)22-16(24)8-20(2,3)4/h5-7,9-10H,8H2,1-4H3,(H,22,24)(H,26,27). The van der Waals surface area contributed by atoms with Crippen LogP contribution in [0, 0.1) is 12.3 Å². The van der Waals surface area contributed by atoms with Gasteiger partial charge in [0.2, 0.25) is 5.91 Å². The van der Waals surface area contributed by atoms with Crippen molar-refractivity contribution in [2.75, 3.05) is 5.32 Å². The van der Waals surface area contributed by atoms with Crippen molar-refractivity contribution in [3.05, 3.63) is 52.1 Å². The lowest BCUT2D eigenvalue weighted by Gasteiger charge is -2.17. The van der Waals surface area contributed by atoms with Crippen LogP contribution in [0.3, 0.4) is 0 Å². The summed E-state index contributed by atoms with van der Waals surface area (Å²) in [6.07, 6.45) is 3.02. The molecule has 0 saturated heterocycles. The van der Waals surface area contributed by atoms with E-state index in [-0.39, 0.29) is 16.9 Å². The fraction of sp³-hybridized carbons (Fsp3) is 0.300.